The number of nitrogens with one attached hydrogen (secondary N) is 1. The van der Waals surface area contributed by atoms with E-state index in [4.69, 9.17) is 0 Å². The van der Waals surface area contributed by atoms with Gasteiger partial charge >= 0.3 is 0 Å². The molecule has 0 spiro atoms. The molecular formula is C15H32N2. The Bertz CT molecular complexity index is 182. The van der Waals surface area contributed by atoms with Gasteiger partial charge in [0.1, 0.15) is 0 Å². The highest BCUT2D eigenvalue weighted by Gasteiger charge is 2.26. The van der Waals surface area contributed by atoms with Crippen LogP contribution in [0.1, 0.15) is 65.7 Å². The van der Waals surface area contributed by atoms with Crippen LogP contribution in [0.2, 0.25) is 0 Å². The molecule has 2 atom stereocenters. The van der Waals surface area contributed by atoms with Crippen LogP contribution in [0.15, 0.2) is 0 Å². The first-order valence-corrected chi connectivity index (χ1v) is 7.77. The fourth-order valence-electron chi connectivity index (χ4n) is 3.06. The van der Waals surface area contributed by atoms with E-state index in [0.717, 1.165) is 12.6 Å². The maximum Gasteiger partial charge on any atom is 0.0246 e. The van der Waals surface area contributed by atoms with Crippen molar-refractivity contribution in [3.63, 3.8) is 0 Å². The summed E-state index contributed by atoms with van der Waals surface area (Å²) < 4.78 is 0. The van der Waals surface area contributed by atoms with E-state index < -0.39 is 0 Å². The summed E-state index contributed by atoms with van der Waals surface area (Å²) in [5.41, 5.74) is 0. The third kappa shape index (κ3) is 5.39. The molecule has 1 rings (SSSR count). The summed E-state index contributed by atoms with van der Waals surface area (Å²) >= 11 is 0. The highest BCUT2D eigenvalue weighted by atomic mass is 15.2. The largest absolute Gasteiger partial charge is 0.313 e. The molecule has 1 aliphatic rings. The maximum atomic E-state index is 3.61. The minimum absolute atomic E-state index is 0.659. The number of hydrogen-bond donors (Lipinski definition) is 1. The van der Waals surface area contributed by atoms with Crippen LogP contribution in [-0.2, 0) is 0 Å². The lowest BCUT2D eigenvalue weighted by molar-refractivity contribution is 0.117. The van der Waals surface area contributed by atoms with E-state index in [2.05, 4.69) is 31.0 Å². The maximum absolute atomic E-state index is 3.61. The Hall–Kier alpha value is -0.0800. The second kappa shape index (κ2) is 8.93. The lowest BCUT2D eigenvalue weighted by atomic mass is 9.96. The fraction of sp³-hybridized carbons (Fsp3) is 1.00. The molecule has 0 bridgehead atoms. The molecule has 0 saturated carbocycles. The van der Waals surface area contributed by atoms with Gasteiger partial charge in [-0.25, -0.2) is 0 Å². The smallest absolute Gasteiger partial charge is 0.0246 e. The van der Waals surface area contributed by atoms with E-state index in [1.807, 2.05) is 0 Å². The number of piperidine rings is 1. The number of nitrogens with zero attached hydrogens (tertiary/aromatic N) is 1. The molecule has 0 aromatic carbocycles. The molecule has 102 valence electrons. The van der Waals surface area contributed by atoms with Crippen LogP contribution >= 0.6 is 0 Å². The van der Waals surface area contributed by atoms with E-state index in [1.165, 1.54) is 58.0 Å². The van der Waals surface area contributed by atoms with Crippen molar-refractivity contribution in [3.05, 3.63) is 0 Å². The highest BCUT2D eigenvalue weighted by molar-refractivity contribution is 4.84. The van der Waals surface area contributed by atoms with Crippen molar-refractivity contribution in [3.8, 4) is 0 Å². The van der Waals surface area contributed by atoms with Crippen molar-refractivity contribution in [1.29, 1.82) is 0 Å². The van der Waals surface area contributed by atoms with Crippen LogP contribution < -0.4 is 5.32 Å². The normalized spacial score (nSPS) is 23.8. The molecule has 1 aliphatic heterocycles. The molecule has 0 amide bonds. The molecule has 1 saturated heterocycles. The Kier molecular flexibility index (Phi) is 7.87. The predicted molar refractivity (Wildman–Crippen MR) is 76.5 cm³/mol. The average Bonchev–Trinajstić information content (AvgIpc) is 2.35. The standard InChI is InChI=1S/C15H32N2/c1-4-6-7-9-12-17-13-10-8-11-15(17)14(3)16-5-2/h14-16H,4-13H2,1-3H3. The summed E-state index contributed by atoms with van der Waals surface area (Å²) in [5.74, 6) is 0. The van der Waals surface area contributed by atoms with Gasteiger partial charge in [0.05, 0.1) is 0 Å². The summed E-state index contributed by atoms with van der Waals surface area (Å²) in [7, 11) is 0. The fourth-order valence-corrected chi connectivity index (χ4v) is 3.06. The molecule has 0 aromatic heterocycles. The van der Waals surface area contributed by atoms with E-state index in [0.29, 0.717) is 6.04 Å². The molecule has 0 radical (unpaired) electrons. The topological polar surface area (TPSA) is 15.3 Å². The van der Waals surface area contributed by atoms with Crippen molar-refractivity contribution in [1.82, 2.24) is 10.2 Å². The first kappa shape index (κ1) is 15.0. The van der Waals surface area contributed by atoms with Crippen molar-refractivity contribution in [2.24, 2.45) is 0 Å². The Balaban J connectivity index is 2.31. The molecule has 2 heteroatoms. The summed E-state index contributed by atoms with van der Waals surface area (Å²) in [4.78, 5) is 2.74. The van der Waals surface area contributed by atoms with Crippen LogP contribution in [0.3, 0.4) is 0 Å². The average molecular weight is 240 g/mol. The summed E-state index contributed by atoms with van der Waals surface area (Å²) in [5, 5.41) is 3.61. The number of unbranched alkanes of at least 4 members (excludes halogenated alkanes) is 3. The van der Waals surface area contributed by atoms with Gasteiger partial charge in [0, 0.05) is 12.1 Å². The van der Waals surface area contributed by atoms with Gasteiger partial charge in [0.2, 0.25) is 0 Å². The second-order valence-corrected chi connectivity index (χ2v) is 5.51. The number of likely N-dealkylation sites (tertiary alicyclic amines) is 1. The molecule has 1 heterocycles. The van der Waals surface area contributed by atoms with Gasteiger partial charge in [0.15, 0.2) is 0 Å². The zero-order chi connectivity index (χ0) is 12.5. The zero-order valence-corrected chi connectivity index (χ0v) is 12.2. The molecule has 2 unspecified atom stereocenters. The van der Waals surface area contributed by atoms with E-state index >= 15 is 0 Å². The third-order valence-corrected chi connectivity index (χ3v) is 4.07. The van der Waals surface area contributed by atoms with Crippen molar-refractivity contribution in [2.45, 2.75) is 77.8 Å². The molecule has 17 heavy (non-hydrogen) atoms. The molecule has 1 fully saturated rings. The molecule has 2 nitrogen and oxygen atoms in total. The monoisotopic (exact) mass is 240 g/mol. The minimum atomic E-state index is 0.659. The first-order chi connectivity index (χ1) is 8.29. The Morgan fingerprint density at radius 1 is 1.18 bits per heavy atom. The molecule has 0 aliphatic carbocycles. The van der Waals surface area contributed by atoms with Crippen LogP contribution in [0, 0.1) is 0 Å². The molecule has 1 N–H and O–H groups in total. The number of rotatable bonds is 8. The first-order valence-electron chi connectivity index (χ1n) is 7.77. The van der Waals surface area contributed by atoms with Gasteiger partial charge in [-0.2, -0.15) is 0 Å². The van der Waals surface area contributed by atoms with E-state index in [-0.39, 0.29) is 0 Å². The van der Waals surface area contributed by atoms with Crippen molar-refractivity contribution < 1.29 is 0 Å². The van der Waals surface area contributed by atoms with Gasteiger partial charge in [-0.1, -0.05) is 39.5 Å². The predicted octanol–water partition coefficient (Wildman–Crippen LogP) is 3.42. The van der Waals surface area contributed by atoms with Gasteiger partial charge in [-0.3, -0.25) is 4.90 Å². The number of likely N-dealkylation sites (N-methyl/N-ethyl adjacent to an activating group) is 1. The van der Waals surface area contributed by atoms with Gasteiger partial charge in [0.25, 0.3) is 0 Å². The third-order valence-electron chi connectivity index (χ3n) is 4.07. The van der Waals surface area contributed by atoms with Gasteiger partial charge < -0.3 is 5.32 Å². The summed E-state index contributed by atoms with van der Waals surface area (Å²) in [6, 6.07) is 1.44. The van der Waals surface area contributed by atoms with E-state index in [9.17, 15) is 0 Å². The quantitative estimate of drug-likeness (QED) is 0.654. The van der Waals surface area contributed by atoms with Crippen LogP contribution in [0.4, 0.5) is 0 Å². The van der Waals surface area contributed by atoms with Crippen molar-refractivity contribution in [2.75, 3.05) is 19.6 Å². The zero-order valence-electron chi connectivity index (χ0n) is 12.2. The van der Waals surface area contributed by atoms with Crippen LogP contribution in [0.25, 0.3) is 0 Å². The number of hydrogen-bond acceptors (Lipinski definition) is 2. The van der Waals surface area contributed by atoms with Gasteiger partial charge in [-0.05, 0) is 45.8 Å². The van der Waals surface area contributed by atoms with Crippen molar-refractivity contribution >= 4 is 0 Å². The highest BCUT2D eigenvalue weighted by Crippen LogP contribution is 2.20. The minimum Gasteiger partial charge on any atom is -0.313 e. The van der Waals surface area contributed by atoms with Crippen LogP contribution in [-0.4, -0.2) is 36.6 Å². The Labute approximate surface area is 108 Å². The molecule has 0 aromatic rings. The molecular weight excluding hydrogens is 208 g/mol. The Morgan fingerprint density at radius 3 is 2.71 bits per heavy atom. The SMILES string of the molecule is CCCCCCN1CCCCC1C(C)NCC. The summed E-state index contributed by atoms with van der Waals surface area (Å²) in [6.45, 7) is 10.6. The van der Waals surface area contributed by atoms with Crippen LogP contribution in [0.5, 0.6) is 0 Å². The Morgan fingerprint density at radius 2 is 2.00 bits per heavy atom. The summed E-state index contributed by atoms with van der Waals surface area (Å²) in [6.07, 6.45) is 9.77. The lowest BCUT2D eigenvalue weighted by Gasteiger charge is -2.39. The van der Waals surface area contributed by atoms with E-state index in [1.54, 1.807) is 0 Å². The van der Waals surface area contributed by atoms with Gasteiger partial charge in [-0.15, -0.1) is 0 Å². The lowest BCUT2D eigenvalue weighted by Crippen LogP contribution is -2.51. The second-order valence-electron chi connectivity index (χ2n) is 5.51.